The highest BCUT2D eigenvalue weighted by Gasteiger charge is 2.04. The lowest BCUT2D eigenvalue weighted by Gasteiger charge is -2.06. The van der Waals surface area contributed by atoms with Crippen LogP contribution in [0, 0.1) is 11.3 Å². The Labute approximate surface area is 117 Å². The van der Waals surface area contributed by atoms with Crippen LogP contribution in [0.5, 0.6) is 5.75 Å². The zero-order valence-corrected chi connectivity index (χ0v) is 11.8. The number of thiophene rings is 1. The van der Waals surface area contributed by atoms with Gasteiger partial charge in [-0.1, -0.05) is 11.6 Å². The molecule has 5 heteroatoms. The fraction of sp³-hybridized carbons (Fsp3) is 0.0833. The van der Waals surface area contributed by atoms with E-state index in [0.717, 1.165) is 8.66 Å². The molecule has 0 radical (unpaired) electrons. The fourth-order valence-electron chi connectivity index (χ4n) is 1.27. The van der Waals surface area contributed by atoms with Crippen LogP contribution in [0.1, 0.15) is 10.4 Å². The molecule has 86 valence electrons. The maximum atomic E-state index is 8.71. The van der Waals surface area contributed by atoms with E-state index in [9.17, 15) is 0 Å². The number of ether oxygens (including phenoxy) is 1. The average molecular weight is 329 g/mol. The van der Waals surface area contributed by atoms with Crippen LogP contribution in [0.2, 0.25) is 5.02 Å². The number of halogens is 2. The van der Waals surface area contributed by atoms with Gasteiger partial charge < -0.3 is 4.74 Å². The van der Waals surface area contributed by atoms with Crippen LogP contribution < -0.4 is 4.74 Å². The second-order valence-electron chi connectivity index (χ2n) is 3.25. The Kier molecular flexibility index (Phi) is 4.06. The second kappa shape index (κ2) is 5.54. The molecule has 0 fully saturated rings. The zero-order valence-electron chi connectivity index (χ0n) is 8.61. The van der Waals surface area contributed by atoms with Crippen LogP contribution in [0.3, 0.4) is 0 Å². The number of nitrogens with zero attached hydrogens (tertiary/aromatic N) is 1. The van der Waals surface area contributed by atoms with Gasteiger partial charge in [-0.05, 0) is 46.3 Å². The largest absolute Gasteiger partial charge is 0.487 e. The molecule has 1 aromatic carbocycles. The molecule has 0 aliphatic carbocycles. The third kappa shape index (κ3) is 3.22. The molecular formula is C12H7BrClNOS. The molecule has 2 rings (SSSR count). The first-order chi connectivity index (χ1) is 8.19. The van der Waals surface area contributed by atoms with Crippen LogP contribution in [-0.2, 0) is 6.61 Å². The summed E-state index contributed by atoms with van der Waals surface area (Å²) < 4.78 is 6.66. The Morgan fingerprint density at radius 3 is 2.76 bits per heavy atom. The Hall–Kier alpha value is -1.02. The molecule has 2 aromatic rings. The van der Waals surface area contributed by atoms with Gasteiger partial charge in [0.2, 0.25) is 0 Å². The Balaban J connectivity index is 2.07. The Morgan fingerprint density at radius 2 is 2.18 bits per heavy atom. The molecule has 0 unspecified atom stereocenters. The van der Waals surface area contributed by atoms with Gasteiger partial charge >= 0.3 is 0 Å². The summed E-state index contributed by atoms with van der Waals surface area (Å²) >= 11 is 11.0. The molecule has 1 aromatic heterocycles. The summed E-state index contributed by atoms with van der Waals surface area (Å²) in [5.41, 5.74) is 0.529. The highest BCUT2D eigenvalue weighted by Crippen LogP contribution is 2.28. The summed E-state index contributed by atoms with van der Waals surface area (Å²) in [4.78, 5) is 1.11. The van der Waals surface area contributed by atoms with Crippen molar-refractivity contribution in [3.63, 3.8) is 0 Å². The second-order valence-corrected chi connectivity index (χ2v) is 6.21. The maximum absolute atomic E-state index is 8.71. The number of benzene rings is 1. The predicted molar refractivity (Wildman–Crippen MR) is 72.5 cm³/mol. The molecule has 0 aliphatic heterocycles. The van der Waals surface area contributed by atoms with Crippen molar-refractivity contribution in [1.82, 2.24) is 0 Å². The van der Waals surface area contributed by atoms with E-state index in [0.29, 0.717) is 22.9 Å². The number of rotatable bonds is 3. The monoisotopic (exact) mass is 327 g/mol. The smallest absolute Gasteiger partial charge is 0.138 e. The van der Waals surface area contributed by atoms with Gasteiger partial charge in [0.1, 0.15) is 12.4 Å². The molecule has 0 atom stereocenters. The number of nitriles is 1. The standard InChI is InChI=1S/C12H7BrClNOS/c13-12-4-2-9(17-12)7-16-11-3-1-8(6-15)5-10(11)14/h1-5H,7H2. The molecule has 17 heavy (non-hydrogen) atoms. The van der Waals surface area contributed by atoms with E-state index in [2.05, 4.69) is 15.9 Å². The summed E-state index contributed by atoms with van der Waals surface area (Å²) in [6.07, 6.45) is 0. The summed E-state index contributed by atoms with van der Waals surface area (Å²) in [6.45, 7) is 0.474. The lowest BCUT2D eigenvalue weighted by Crippen LogP contribution is -1.93. The normalized spacial score (nSPS) is 9.94. The van der Waals surface area contributed by atoms with Gasteiger partial charge in [-0.15, -0.1) is 11.3 Å². The van der Waals surface area contributed by atoms with E-state index in [1.807, 2.05) is 18.2 Å². The van der Waals surface area contributed by atoms with Gasteiger partial charge in [-0.2, -0.15) is 5.26 Å². The van der Waals surface area contributed by atoms with E-state index >= 15 is 0 Å². The van der Waals surface area contributed by atoms with E-state index in [1.54, 1.807) is 29.5 Å². The zero-order chi connectivity index (χ0) is 12.3. The molecule has 0 saturated carbocycles. The minimum Gasteiger partial charge on any atom is -0.487 e. The van der Waals surface area contributed by atoms with Crippen LogP contribution in [-0.4, -0.2) is 0 Å². The van der Waals surface area contributed by atoms with Crippen molar-refractivity contribution in [2.45, 2.75) is 6.61 Å². The first kappa shape index (κ1) is 12.4. The van der Waals surface area contributed by atoms with Crippen molar-refractivity contribution in [1.29, 1.82) is 5.26 Å². The fourth-order valence-corrected chi connectivity index (χ4v) is 2.90. The topological polar surface area (TPSA) is 33.0 Å². The van der Waals surface area contributed by atoms with Gasteiger partial charge in [0, 0.05) is 4.88 Å². The average Bonchev–Trinajstić information content (AvgIpc) is 2.73. The third-order valence-electron chi connectivity index (χ3n) is 2.06. The summed E-state index contributed by atoms with van der Waals surface area (Å²) in [5.74, 6) is 0.593. The lowest BCUT2D eigenvalue weighted by molar-refractivity contribution is 0.310. The molecule has 0 spiro atoms. The molecule has 0 saturated heterocycles. The summed E-state index contributed by atoms with van der Waals surface area (Å²) in [6, 6.07) is 11.0. The van der Waals surface area contributed by atoms with Crippen molar-refractivity contribution in [3.8, 4) is 11.8 Å². The van der Waals surface area contributed by atoms with E-state index in [4.69, 9.17) is 21.6 Å². The van der Waals surface area contributed by atoms with Crippen LogP contribution in [0.15, 0.2) is 34.1 Å². The van der Waals surface area contributed by atoms with Crippen molar-refractivity contribution in [3.05, 3.63) is 49.6 Å². The van der Waals surface area contributed by atoms with Gasteiger partial charge in [-0.25, -0.2) is 0 Å². The van der Waals surface area contributed by atoms with Gasteiger partial charge in [-0.3, -0.25) is 0 Å². The third-order valence-corrected chi connectivity index (χ3v) is 3.95. The molecular weight excluding hydrogens is 322 g/mol. The van der Waals surface area contributed by atoms with Crippen molar-refractivity contribution in [2.75, 3.05) is 0 Å². The first-order valence-electron chi connectivity index (χ1n) is 4.75. The molecule has 0 amide bonds. The molecule has 0 N–H and O–H groups in total. The van der Waals surface area contributed by atoms with Crippen LogP contribution in [0.25, 0.3) is 0 Å². The number of hydrogen-bond acceptors (Lipinski definition) is 3. The highest BCUT2D eigenvalue weighted by atomic mass is 79.9. The number of hydrogen-bond donors (Lipinski definition) is 0. The lowest BCUT2D eigenvalue weighted by atomic mass is 10.2. The van der Waals surface area contributed by atoms with Gasteiger partial charge in [0.15, 0.2) is 0 Å². The van der Waals surface area contributed by atoms with E-state index < -0.39 is 0 Å². The SMILES string of the molecule is N#Cc1ccc(OCc2ccc(Br)s2)c(Cl)c1. The predicted octanol–water partition coefficient (Wildman–Crippen LogP) is 4.61. The van der Waals surface area contributed by atoms with Crippen LogP contribution >= 0.6 is 38.9 Å². The van der Waals surface area contributed by atoms with Crippen molar-refractivity contribution >= 4 is 38.9 Å². The minimum absolute atomic E-state index is 0.458. The summed E-state index contributed by atoms with van der Waals surface area (Å²) in [5, 5.41) is 9.17. The minimum atomic E-state index is 0.458. The van der Waals surface area contributed by atoms with Crippen LogP contribution in [0.4, 0.5) is 0 Å². The molecule has 0 aliphatic rings. The van der Waals surface area contributed by atoms with Crippen molar-refractivity contribution < 1.29 is 4.74 Å². The first-order valence-corrected chi connectivity index (χ1v) is 6.74. The van der Waals surface area contributed by atoms with Gasteiger partial charge in [0.05, 0.1) is 20.4 Å². The highest BCUT2D eigenvalue weighted by molar-refractivity contribution is 9.11. The van der Waals surface area contributed by atoms with Crippen molar-refractivity contribution in [2.24, 2.45) is 0 Å². The molecule has 0 bridgehead atoms. The van der Waals surface area contributed by atoms with E-state index in [1.165, 1.54) is 0 Å². The van der Waals surface area contributed by atoms with Gasteiger partial charge in [0.25, 0.3) is 0 Å². The molecule has 2 nitrogen and oxygen atoms in total. The Morgan fingerprint density at radius 1 is 1.35 bits per heavy atom. The Bertz CT molecular complexity index is 576. The summed E-state index contributed by atoms with van der Waals surface area (Å²) in [7, 11) is 0. The quantitative estimate of drug-likeness (QED) is 0.824. The van der Waals surface area contributed by atoms with E-state index in [-0.39, 0.29) is 0 Å². The maximum Gasteiger partial charge on any atom is 0.138 e. The molecule has 1 heterocycles.